The van der Waals surface area contributed by atoms with Crippen LogP contribution >= 0.6 is 15.9 Å². The maximum Gasteiger partial charge on any atom is 0.0772 e. The first kappa shape index (κ1) is 11.5. The second-order valence-electron chi connectivity index (χ2n) is 5.37. The summed E-state index contributed by atoms with van der Waals surface area (Å²) in [4.78, 5) is 2.53. The van der Waals surface area contributed by atoms with Crippen LogP contribution in [0, 0.1) is 5.92 Å². The molecule has 17 heavy (non-hydrogen) atoms. The van der Waals surface area contributed by atoms with Gasteiger partial charge in [0.2, 0.25) is 0 Å². The summed E-state index contributed by atoms with van der Waals surface area (Å²) in [6, 6.07) is 7.09. The van der Waals surface area contributed by atoms with Crippen molar-refractivity contribution in [3.05, 3.63) is 28.2 Å². The van der Waals surface area contributed by atoms with Crippen molar-refractivity contribution in [2.24, 2.45) is 5.92 Å². The fraction of sp³-hybridized carbons (Fsp3) is 0.571. The van der Waals surface area contributed by atoms with Gasteiger partial charge in [-0.3, -0.25) is 0 Å². The molecule has 2 fully saturated rings. The molecule has 0 aromatic heterocycles. The van der Waals surface area contributed by atoms with Crippen molar-refractivity contribution < 1.29 is 5.11 Å². The lowest BCUT2D eigenvalue weighted by Crippen LogP contribution is -2.31. The van der Waals surface area contributed by atoms with E-state index in [1.165, 1.54) is 31.5 Å². The lowest BCUT2D eigenvalue weighted by molar-refractivity contribution is 0.198. The number of piperidine rings is 1. The van der Waals surface area contributed by atoms with Crippen molar-refractivity contribution in [2.45, 2.75) is 38.3 Å². The SMILES string of the molecule is CC(O)c1ccc(N2CC3CCC2C3)cc1Br. The molecule has 3 atom stereocenters. The van der Waals surface area contributed by atoms with Gasteiger partial charge < -0.3 is 10.0 Å². The summed E-state index contributed by atoms with van der Waals surface area (Å²) in [5.41, 5.74) is 2.27. The van der Waals surface area contributed by atoms with Crippen molar-refractivity contribution in [3.8, 4) is 0 Å². The van der Waals surface area contributed by atoms with Gasteiger partial charge >= 0.3 is 0 Å². The fourth-order valence-corrected chi connectivity index (χ4v) is 3.97. The molecule has 0 spiro atoms. The average Bonchev–Trinajstić information content (AvgIpc) is 2.89. The molecule has 3 heteroatoms. The van der Waals surface area contributed by atoms with Crippen LogP contribution in [0.3, 0.4) is 0 Å². The van der Waals surface area contributed by atoms with E-state index in [0.29, 0.717) is 0 Å². The molecule has 2 nitrogen and oxygen atoms in total. The predicted octanol–water partition coefficient (Wildman–Crippen LogP) is 3.49. The molecule has 2 aliphatic rings. The molecule has 0 radical (unpaired) electrons. The number of hydrogen-bond acceptors (Lipinski definition) is 2. The van der Waals surface area contributed by atoms with Gasteiger partial charge in [-0.1, -0.05) is 22.0 Å². The van der Waals surface area contributed by atoms with Crippen LogP contribution in [-0.2, 0) is 0 Å². The van der Waals surface area contributed by atoms with Gasteiger partial charge in [-0.15, -0.1) is 0 Å². The number of benzene rings is 1. The van der Waals surface area contributed by atoms with E-state index in [-0.39, 0.29) is 0 Å². The van der Waals surface area contributed by atoms with E-state index in [2.05, 4.69) is 33.0 Å². The van der Waals surface area contributed by atoms with E-state index in [1.54, 1.807) is 6.92 Å². The molecule has 1 heterocycles. The summed E-state index contributed by atoms with van der Waals surface area (Å²) >= 11 is 3.56. The van der Waals surface area contributed by atoms with E-state index in [9.17, 15) is 5.11 Å². The lowest BCUT2D eigenvalue weighted by atomic mass is 10.1. The van der Waals surface area contributed by atoms with Gasteiger partial charge in [-0.25, -0.2) is 0 Å². The van der Waals surface area contributed by atoms with E-state index < -0.39 is 6.10 Å². The maximum atomic E-state index is 9.62. The number of halogens is 1. The van der Waals surface area contributed by atoms with Crippen molar-refractivity contribution in [1.82, 2.24) is 0 Å². The third-order valence-corrected chi connectivity index (χ3v) is 4.86. The first-order valence-electron chi connectivity index (χ1n) is 6.39. The van der Waals surface area contributed by atoms with E-state index in [0.717, 1.165) is 22.0 Å². The van der Waals surface area contributed by atoms with E-state index in [1.807, 2.05) is 6.07 Å². The molecule has 0 amide bonds. The quantitative estimate of drug-likeness (QED) is 0.903. The van der Waals surface area contributed by atoms with Crippen LogP contribution in [0.25, 0.3) is 0 Å². The third kappa shape index (κ3) is 2.00. The van der Waals surface area contributed by atoms with Gasteiger partial charge in [0.15, 0.2) is 0 Å². The lowest BCUT2D eigenvalue weighted by Gasteiger charge is -2.29. The molecule has 3 unspecified atom stereocenters. The number of anilines is 1. The molecule has 1 aliphatic carbocycles. The Morgan fingerprint density at radius 3 is 2.76 bits per heavy atom. The maximum absolute atomic E-state index is 9.62. The molecule has 1 N–H and O–H groups in total. The molecule has 1 aromatic rings. The minimum atomic E-state index is -0.409. The summed E-state index contributed by atoms with van der Waals surface area (Å²) in [6.45, 7) is 3.02. The Kier molecular flexibility index (Phi) is 2.91. The Bertz CT molecular complexity index is 432. The Hall–Kier alpha value is -0.540. The van der Waals surface area contributed by atoms with Crippen molar-refractivity contribution in [1.29, 1.82) is 0 Å². The predicted molar refractivity (Wildman–Crippen MR) is 73.3 cm³/mol. The molecule has 92 valence electrons. The van der Waals surface area contributed by atoms with Gasteiger partial charge in [0, 0.05) is 22.7 Å². The normalized spacial score (nSPS) is 28.8. The Labute approximate surface area is 111 Å². The smallest absolute Gasteiger partial charge is 0.0772 e. The Morgan fingerprint density at radius 2 is 2.24 bits per heavy atom. The summed E-state index contributed by atoms with van der Waals surface area (Å²) in [6.07, 6.45) is 3.72. The number of fused-ring (bicyclic) bond motifs is 2. The van der Waals surface area contributed by atoms with Gasteiger partial charge in [0.25, 0.3) is 0 Å². The second-order valence-corrected chi connectivity index (χ2v) is 6.22. The zero-order valence-electron chi connectivity index (χ0n) is 10.1. The van der Waals surface area contributed by atoms with Gasteiger partial charge in [-0.05, 0) is 49.8 Å². The largest absolute Gasteiger partial charge is 0.389 e. The molecule has 1 saturated heterocycles. The number of rotatable bonds is 2. The molecule has 3 rings (SSSR count). The summed E-state index contributed by atoms with van der Waals surface area (Å²) in [7, 11) is 0. The molecule has 1 aliphatic heterocycles. The molecular formula is C14H18BrNO. The molecule has 1 saturated carbocycles. The van der Waals surface area contributed by atoms with Crippen LogP contribution in [0.15, 0.2) is 22.7 Å². The number of nitrogens with zero attached hydrogens (tertiary/aromatic N) is 1. The van der Waals surface area contributed by atoms with Gasteiger partial charge in [0.05, 0.1) is 6.10 Å². The topological polar surface area (TPSA) is 23.5 Å². The van der Waals surface area contributed by atoms with E-state index in [4.69, 9.17) is 0 Å². The summed E-state index contributed by atoms with van der Waals surface area (Å²) in [5, 5.41) is 9.62. The summed E-state index contributed by atoms with van der Waals surface area (Å²) in [5.74, 6) is 0.912. The first-order chi connectivity index (χ1) is 8.15. The van der Waals surface area contributed by atoms with Crippen LogP contribution in [0.4, 0.5) is 5.69 Å². The summed E-state index contributed by atoms with van der Waals surface area (Å²) < 4.78 is 1.02. The average molecular weight is 296 g/mol. The third-order valence-electron chi connectivity index (χ3n) is 4.17. The number of aliphatic hydroxyl groups is 1. The standard InChI is InChI=1S/C14H18BrNO/c1-9(17)13-5-4-12(7-14(13)15)16-8-10-2-3-11(16)6-10/h4-5,7,9-11,17H,2-3,6,8H2,1H3. The van der Waals surface area contributed by atoms with Gasteiger partial charge in [0.1, 0.15) is 0 Å². The minimum Gasteiger partial charge on any atom is -0.389 e. The molecular weight excluding hydrogens is 278 g/mol. The highest BCUT2D eigenvalue weighted by atomic mass is 79.9. The van der Waals surface area contributed by atoms with Crippen LogP contribution in [0.2, 0.25) is 0 Å². The molecule has 1 aromatic carbocycles. The van der Waals surface area contributed by atoms with Crippen molar-refractivity contribution >= 4 is 21.6 Å². The number of aliphatic hydroxyl groups excluding tert-OH is 1. The van der Waals surface area contributed by atoms with Crippen LogP contribution < -0.4 is 4.90 Å². The highest BCUT2D eigenvalue weighted by Crippen LogP contribution is 2.41. The highest BCUT2D eigenvalue weighted by Gasteiger charge is 2.37. The zero-order valence-corrected chi connectivity index (χ0v) is 11.7. The van der Waals surface area contributed by atoms with Crippen LogP contribution in [0.5, 0.6) is 0 Å². The monoisotopic (exact) mass is 295 g/mol. The first-order valence-corrected chi connectivity index (χ1v) is 7.18. The second kappa shape index (κ2) is 4.29. The zero-order chi connectivity index (χ0) is 12.0. The van der Waals surface area contributed by atoms with Crippen molar-refractivity contribution in [3.63, 3.8) is 0 Å². The van der Waals surface area contributed by atoms with Crippen molar-refractivity contribution in [2.75, 3.05) is 11.4 Å². The minimum absolute atomic E-state index is 0.409. The van der Waals surface area contributed by atoms with Crippen LogP contribution in [-0.4, -0.2) is 17.7 Å². The fourth-order valence-electron chi connectivity index (χ4n) is 3.27. The van der Waals surface area contributed by atoms with Gasteiger partial charge in [-0.2, -0.15) is 0 Å². The number of hydrogen-bond donors (Lipinski definition) is 1. The Morgan fingerprint density at radius 1 is 1.41 bits per heavy atom. The van der Waals surface area contributed by atoms with E-state index >= 15 is 0 Å². The van der Waals surface area contributed by atoms with Crippen LogP contribution in [0.1, 0.15) is 37.9 Å². The highest BCUT2D eigenvalue weighted by molar-refractivity contribution is 9.10. The molecule has 2 bridgehead atoms. The Balaban J connectivity index is 1.87.